The molecule has 3 amide bonds. The van der Waals surface area contributed by atoms with E-state index in [1.807, 2.05) is 0 Å². The van der Waals surface area contributed by atoms with E-state index >= 15 is 0 Å². The van der Waals surface area contributed by atoms with Gasteiger partial charge >= 0.3 is 12.2 Å². The van der Waals surface area contributed by atoms with Crippen LogP contribution in [0.2, 0.25) is 0 Å². The zero-order valence-corrected chi connectivity index (χ0v) is 13.4. The summed E-state index contributed by atoms with van der Waals surface area (Å²) in [5, 5.41) is 5.28. The molecule has 2 heterocycles. The van der Waals surface area contributed by atoms with Crippen LogP contribution in [-0.4, -0.2) is 35.0 Å². The summed E-state index contributed by atoms with van der Waals surface area (Å²) < 4.78 is 37.4. The average molecular weight is 365 g/mol. The summed E-state index contributed by atoms with van der Waals surface area (Å²) in [5.74, 6) is -1.97. The van der Waals surface area contributed by atoms with Crippen molar-refractivity contribution in [2.24, 2.45) is 0 Å². The zero-order valence-electron chi connectivity index (χ0n) is 13.4. The molecule has 0 atom stereocenters. The summed E-state index contributed by atoms with van der Waals surface area (Å²) in [6, 6.07) is 6.37. The van der Waals surface area contributed by atoms with E-state index < -0.39 is 17.9 Å². The van der Waals surface area contributed by atoms with Crippen molar-refractivity contribution >= 4 is 23.3 Å². The molecular formula is C16H14F3N5O2. The number of nitrogens with one attached hydrogen (secondary N) is 2. The highest BCUT2D eigenvalue weighted by Gasteiger charge is 2.34. The van der Waals surface area contributed by atoms with E-state index in [2.05, 4.69) is 20.6 Å². The maximum absolute atomic E-state index is 12.5. The number of halogens is 3. The molecule has 136 valence electrons. The number of rotatable bonds is 3. The van der Waals surface area contributed by atoms with E-state index in [4.69, 9.17) is 0 Å². The van der Waals surface area contributed by atoms with E-state index in [1.54, 1.807) is 29.2 Å². The average Bonchev–Trinajstić information content (AvgIpc) is 2.62. The van der Waals surface area contributed by atoms with Gasteiger partial charge in [0.1, 0.15) is 0 Å². The second-order valence-corrected chi connectivity index (χ2v) is 5.53. The summed E-state index contributed by atoms with van der Waals surface area (Å²) in [4.78, 5) is 31.9. The van der Waals surface area contributed by atoms with Gasteiger partial charge in [-0.25, -0.2) is 14.8 Å². The van der Waals surface area contributed by atoms with Gasteiger partial charge in [-0.2, -0.15) is 13.2 Å². The van der Waals surface area contributed by atoms with Crippen molar-refractivity contribution in [3.63, 3.8) is 0 Å². The second kappa shape index (κ2) is 6.98. The van der Waals surface area contributed by atoms with Crippen LogP contribution in [0.25, 0.3) is 0 Å². The van der Waals surface area contributed by atoms with E-state index in [-0.39, 0.29) is 11.6 Å². The van der Waals surface area contributed by atoms with Gasteiger partial charge in [0.15, 0.2) is 0 Å². The highest BCUT2D eigenvalue weighted by Crippen LogP contribution is 2.25. The molecule has 1 aromatic heterocycles. The molecule has 1 fully saturated rings. The maximum atomic E-state index is 12.5. The predicted octanol–water partition coefficient (Wildman–Crippen LogP) is 2.67. The lowest BCUT2D eigenvalue weighted by Crippen LogP contribution is -2.46. The first-order valence-corrected chi connectivity index (χ1v) is 7.70. The number of urea groups is 1. The molecule has 3 rings (SSSR count). The van der Waals surface area contributed by atoms with Crippen LogP contribution in [0, 0.1) is 0 Å². The highest BCUT2D eigenvalue weighted by atomic mass is 19.4. The van der Waals surface area contributed by atoms with Gasteiger partial charge in [-0.3, -0.25) is 9.69 Å². The molecule has 0 aliphatic carbocycles. The summed E-state index contributed by atoms with van der Waals surface area (Å²) >= 11 is 0. The van der Waals surface area contributed by atoms with Crippen LogP contribution in [0.15, 0.2) is 36.7 Å². The number of benzene rings is 1. The van der Waals surface area contributed by atoms with E-state index in [0.717, 1.165) is 18.8 Å². The fraction of sp³-hybridized carbons (Fsp3) is 0.250. The minimum Gasteiger partial charge on any atom is -0.338 e. The van der Waals surface area contributed by atoms with E-state index in [9.17, 15) is 22.8 Å². The number of anilines is 2. The fourth-order valence-corrected chi connectivity index (χ4v) is 2.42. The summed E-state index contributed by atoms with van der Waals surface area (Å²) in [6.07, 6.45) is -2.25. The molecule has 26 heavy (non-hydrogen) atoms. The standard InChI is InChI=1S/C16H14F3N5O2/c17-16(18,19)14-21-8-10(9-22-14)13(25)23-11-3-1-4-12(7-11)24-6-2-5-20-15(24)26/h1,3-4,7-9H,2,5-6H2,(H,20,26)(H,23,25). The molecule has 1 saturated heterocycles. The van der Waals surface area contributed by atoms with Crippen LogP contribution in [-0.2, 0) is 6.18 Å². The summed E-state index contributed by atoms with van der Waals surface area (Å²) in [6.45, 7) is 1.16. The Hall–Kier alpha value is -3.17. The number of hydrogen-bond acceptors (Lipinski definition) is 4. The van der Waals surface area contributed by atoms with Crippen molar-refractivity contribution in [3.8, 4) is 0 Å². The topological polar surface area (TPSA) is 87.2 Å². The predicted molar refractivity (Wildman–Crippen MR) is 86.8 cm³/mol. The van der Waals surface area contributed by atoms with Gasteiger partial charge in [-0.1, -0.05) is 6.07 Å². The molecule has 0 saturated carbocycles. The Balaban J connectivity index is 1.73. The number of alkyl halides is 3. The molecule has 7 nitrogen and oxygen atoms in total. The van der Waals surface area contributed by atoms with Crippen molar-refractivity contribution in [1.29, 1.82) is 0 Å². The quantitative estimate of drug-likeness (QED) is 0.876. The lowest BCUT2D eigenvalue weighted by molar-refractivity contribution is -0.145. The van der Waals surface area contributed by atoms with Gasteiger partial charge < -0.3 is 10.6 Å². The van der Waals surface area contributed by atoms with Crippen LogP contribution in [0.3, 0.4) is 0 Å². The summed E-state index contributed by atoms with van der Waals surface area (Å²) in [5.41, 5.74) is 0.883. The molecule has 1 aliphatic heterocycles. The number of hydrogen-bond donors (Lipinski definition) is 2. The number of amides is 3. The number of nitrogens with zero attached hydrogens (tertiary/aromatic N) is 3. The van der Waals surface area contributed by atoms with Crippen molar-refractivity contribution in [1.82, 2.24) is 15.3 Å². The van der Waals surface area contributed by atoms with Crippen molar-refractivity contribution in [3.05, 3.63) is 48.0 Å². The third kappa shape index (κ3) is 3.90. The Morgan fingerprint density at radius 2 is 1.96 bits per heavy atom. The fourth-order valence-electron chi connectivity index (χ4n) is 2.42. The van der Waals surface area contributed by atoms with Crippen LogP contribution in [0.5, 0.6) is 0 Å². The SMILES string of the molecule is O=C(Nc1cccc(N2CCCNC2=O)c1)c1cnc(C(F)(F)F)nc1. The Labute approximate surface area is 146 Å². The smallest absolute Gasteiger partial charge is 0.338 e. The Morgan fingerprint density at radius 1 is 1.23 bits per heavy atom. The minimum absolute atomic E-state index is 0.112. The lowest BCUT2D eigenvalue weighted by atomic mass is 10.2. The zero-order chi connectivity index (χ0) is 18.7. The third-order valence-corrected chi connectivity index (χ3v) is 3.66. The number of carbonyl (C=O) groups excluding carboxylic acids is 2. The minimum atomic E-state index is -4.67. The number of aromatic nitrogens is 2. The van der Waals surface area contributed by atoms with Crippen LogP contribution >= 0.6 is 0 Å². The first kappa shape index (κ1) is 17.6. The molecule has 10 heteroatoms. The van der Waals surface area contributed by atoms with Gasteiger partial charge in [-0.05, 0) is 24.6 Å². The Morgan fingerprint density at radius 3 is 2.62 bits per heavy atom. The normalized spacial score (nSPS) is 14.7. The second-order valence-electron chi connectivity index (χ2n) is 5.53. The maximum Gasteiger partial charge on any atom is 0.451 e. The van der Waals surface area contributed by atoms with Crippen molar-refractivity contribution in [2.75, 3.05) is 23.3 Å². The molecule has 0 radical (unpaired) electrons. The number of carbonyl (C=O) groups is 2. The molecule has 2 aromatic rings. The van der Waals surface area contributed by atoms with Gasteiger partial charge in [0.25, 0.3) is 5.91 Å². The van der Waals surface area contributed by atoms with Crippen molar-refractivity contribution < 1.29 is 22.8 Å². The molecule has 2 N–H and O–H groups in total. The van der Waals surface area contributed by atoms with Gasteiger partial charge in [0.2, 0.25) is 5.82 Å². The molecular weight excluding hydrogens is 351 g/mol. The molecule has 0 bridgehead atoms. The van der Waals surface area contributed by atoms with Crippen LogP contribution < -0.4 is 15.5 Å². The van der Waals surface area contributed by atoms with Crippen LogP contribution in [0.4, 0.5) is 29.3 Å². The van der Waals surface area contributed by atoms with Crippen LogP contribution in [0.1, 0.15) is 22.6 Å². The first-order chi connectivity index (χ1) is 12.3. The third-order valence-electron chi connectivity index (χ3n) is 3.66. The monoisotopic (exact) mass is 365 g/mol. The molecule has 1 aromatic carbocycles. The van der Waals surface area contributed by atoms with Crippen molar-refractivity contribution in [2.45, 2.75) is 12.6 Å². The largest absolute Gasteiger partial charge is 0.451 e. The Kier molecular flexibility index (Phi) is 4.74. The first-order valence-electron chi connectivity index (χ1n) is 7.70. The Bertz CT molecular complexity index is 823. The molecule has 0 spiro atoms. The lowest BCUT2D eigenvalue weighted by Gasteiger charge is -2.27. The van der Waals surface area contributed by atoms with E-state index in [1.165, 1.54) is 0 Å². The van der Waals surface area contributed by atoms with Gasteiger partial charge in [-0.15, -0.1) is 0 Å². The van der Waals surface area contributed by atoms with Gasteiger partial charge in [0.05, 0.1) is 5.56 Å². The van der Waals surface area contributed by atoms with Gasteiger partial charge in [0, 0.05) is 36.9 Å². The summed E-state index contributed by atoms with van der Waals surface area (Å²) in [7, 11) is 0. The van der Waals surface area contributed by atoms with E-state index in [0.29, 0.717) is 24.5 Å². The molecule has 1 aliphatic rings. The molecule has 0 unspecified atom stereocenters. The highest BCUT2D eigenvalue weighted by molar-refractivity contribution is 6.04.